The Morgan fingerprint density at radius 3 is 2.26 bits per heavy atom. The molecule has 2 heterocycles. The van der Waals surface area contributed by atoms with E-state index in [0.717, 1.165) is 18.8 Å². The summed E-state index contributed by atoms with van der Waals surface area (Å²) in [5.41, 5.74) is 0.485. The molecule has 1 amide bonds. The van der Waals surface area contributed by atoms with E-state index in [1.54, 1.807) is 28.6 Å². The van der Waals surface area contributed by atoms with Gasteiger partial charge in [-0.15, -0.1) is 0 Å². The van der Waals surface area contributed by atoms with Gasteiger partial charge < -0.3 is 9.64 Å². The molecule has 1 aliphatic rings. The molecule has 1 aromatic heterocycles. The number of rotatable bonds is 4. The van der Waals surface area contributed by atoms with Gasteiger partial charge in [0, 0.05) is 31.7 Å². The average molecular weight is 391 g/mol. The highest BCUT2D eigenvalue weighted by molar-refractivity contribution is 7.71. The number of hydrogen-bond acceptors (Lipinski definition) is 6. The summed E-state index contributed by atoms with van der Waals surface area (Å²) in [4.78, 5) is 16.8. The van der Waals surface area contributed by atoms with Crippen LogP contribution in [0.2, 0.25) is 0 Å². The van der Waals surface area contributed by atoms with Gasteiger partial charge in [0.25, 0.3) is 5.91 Å². The first kappa shape index (κ1) is 19.5. The highest BCUT2D eigenvalue weighted by Gasteiger charge is 2.24. The number of ether oxygens (including phenoxy) is 1. The smallest absolute Gasteiger partial charge is 0.253 e. The van der Waals surface area contributed by atoms with Crippen LogP contribution in [0.1, 0.15) is 31.1 Å². The van der Waals surface area contributed by atoms with Crippen LogP contribution in [0.4, 0.5) is 0 Å². The van der Waals surface area contributed by atoms with E-state index < -0.39 is 0 Å². The largest absolute Gasteiger partial charge is 0.497 e. The maximum absolute atomic E-state index is 12.7. The number of benzene rings is 1. The molecular formula is C18H26N6O2S. The summed E-state index contributed by atoms with van der Waals surface area (Å²) in [5, 5.41) is 8.36. The molecule has 27 heavy (non-hydrogen) atoms. The molecule has 1 aliphatic heterocycles. The van der Waals surface area contributed by atoms with Gasteiger partial charge in [-0.05, 0) is 67.7 Å². The molecule has 0 aliphatic carbocycles. The Morgan fingerprint density at radius 2 is 1.74 bits per heavy atom. The summed E-state index contributed by atoms with van der Waals surface area (Å²) in [6, 6.07) is 7.23. The summed E-state index contributed by atoms with van der Waals surface area (Å²) in [6.45, 7) is 9.61. The van der Waals surface area contributed by atoms with E-state index in [9.17, 15) is 4.79 Å². The molecule has 0 bridgehead atoms. The minimum atomic E-state index is -0.196. The lowest BCUT2D eigenvalue weighted by Crippen LogP contribution is -2.49. The third kappa shape index (κ3) is 4.36. The molecule has 0 N–H and O–H groups in total. The Kier molecular flexibility index (Phi) is 5.61. The molecule has 3 rings (SSSR count). The van der Waals surface area contributed by atoms with Gasteiger partial charge in [-0.2, -0.15) is 0 Å². The van der Waals surface area contributed by atoms with Crippen LogP contribution < -0.4 is 4.74 Å². The van der Waals surface area contributed by atoms with Gasteiger partial charge in [-0.1, -0.05) is 0 Å². The summed E-state index contributed by atoms with van der Waals surface area (Å²) in [7, 11) is 1.61. The van der Waals surface area contributed by atoms with E-state index in [0.29, 0.717) is 30.1 Å². The lowest BCUT2D eigenvalue weighted by atomic mass is 10.1. The molecule has 1 saturated heterocycles. The van der Waals surface area contributed by atoms with Crippen molar-refractivity contribution in [3.05, 3.63) is 34.6 Å². The fourth-order valence-corrected chi connectivity index (χ4v) is 3.39. The highest BCUT2D eigenvalue weighted by atomic mass is 32.1. The summed E-state index contributed by atoms with van der Waals surface area (Å²) in [5.74, 6) is 0.795. The highest BCUT2D eigenvalue weighted by Crippen LogP contribution is 2.15. The molecule has 8 nitrogen and oxygen atoms in total. The number of piperazine rings is 1. The molecule has 1 aromatic carbocycles. The van der Waals surface area contributed by atoms with Crippen LogP contribution in [-0.2, 0) is 12.2 Å². The van der Waals surface area contributed by atoms with Crippen molar-refractivity contribution in [2.45, 2.75) is 33.0 Å². The van der Waals surface area contributed by atoms with Gasteiger partial charge in [-0.25, -0.2) is 9.36 Å². The monoisotopic (exact) mass is 390 g/mol. The average Bonchev–Trinajstić information content (AvgIpc) is 3.02. The zero-order valence-corrected chi connectivity index (χ0v) is 17.1. The molecule has 0 unspecified atom stereocenters. The molecule has 0 saturated carbocycles. The standard InChI is InChI=1S/C18H26N6O2S/c1-18(2,3)24-17(27)23(19-20-24)13-21-9-11-22(12-10-21)16(25)14-5-7-15(26-4)8-6-14/h5-8H,9-13H2,1-4H3. The topological polar surface area (TPSA) is 68.4 Å². The van der Waals surface area contributed by atoms with E-state index in [4.69, 9.17) is 17.0 Å². The first-order valence-electron chi connectivity index (χ1n) is 8.98. The van der Waals surface area contributed by atoms with E-state index in [1.807, 2.05) is 37.8 Å². The van der Waals surface area contributed by atoms with Crippen LogP contribution in [0.15, 0.2) is 24.3 Å². The molecule has 0 radical (unpaired) electrons. The number of nitrogens with zero attached hydrogens (tertiary/aromatic N) is 6. The molecule has 2 aromatic rings. The number of carbonyl (C=O) groups is 1. The van der Waals surface area contributed by atoms with E-state index in [2.05, 4.69) is 15.3 Å². The van der Waals surface area contributed by atoms with Crippen LogP contribution >= 0.6 is 12.2 Å². The number of tetrazole rings is 1. The molecule has 0 atom stereocenters. The zero-order chi connectivity index (χ0) is 19.6. The van der Waals surface area contributed by atoms with Crippen molar-refractivity contribution in [2.75, 3.05) is 33.3 Å². The number of aromatic nitrogens is 4. The second kappa shape index (κ2) is 7.77. The zero-order valence-electron chi connectivity index (χ0n) is 16.3. The Morgan fingerprint density at radius 1 is 1.11 bits per heavy atom. The lowest BCUT2D eigenvalue weighted by molar-refractivity contribution is 0.0584. The fraction of sp³-hybridized carbons (Fsp3) is 0.556. The van der Waals surface area contributed by atoms with Gasteiger partial charge in [-0.3, -0.25) is 9.69 Å². The maximum atomic E-state index is 12.7. The Balaban J connectivity index is 1.58. The van der Waals surface area contributed by atoms with Gasteiger partial charge in [0.1, 0.15) is 5.75 Å². The first-order valence-corrected chi connectivity index (χ1v) is 9.39. The minimum absolute atomic E-state index is 0.0487. The summed E-state index contributed by atoms with van der Waals surface area (Å²) in [6.07, 6.45) is 0. The van der Waals surface area contributed by atoms with Crippen LogP contribution in [-0.4, -0.2) is 68.8 Å². The maximum Gasteiger partial charge on any atom is 0.253 e. The molecular weight excluding hydrogens is 364 g/mol. The number of methoxy groups -OCH3 is 1. The van der Waals surface area contributed by atoms with Crippen molar-refractivity contribution in [3.8, 4) is 5.75 Å². The third-order valence-corrected chi connectivity index (χ3v) is 4.99. The van der Waals surface area contributed by atoms with Crippen molar-refractivity contribution in [3.63, 3.8) is 0 Å². The SMILES string of the molecule is COc1ccc(C(=O)N2CCN(Cn3nnn(C(C)(C)C)c3=S)CC2)cc1. The minimum Gasteiger partial charge on any atom is -0.497 e. The fourth-order valence-electron chi connectivity index (χ4n) is 2.98. The van der Waals surface area contributed by atoms with Gasteiger partial charge in [0.15, 0.2) is 0 Å². The quantitative estimate of drug-likeness (QED) is 0.744. The molecule has 0 spiro atoms. The number of carbonyl (C=O) groups excluding carboxylic acids is 1. The van der Waals surface area contributed by atoms with Crippen molar-refractivity contribution < 1.29 is 9.53 Å². The van der Waals surface area contributed by atoms with Crippen molar-refractivity contribution in [1.82, 2.24) is 29.6 Å². The van der Waals surface area contributed by atoms with Crippen LogP contribution in [0, 0.1) is 4.77 Å². The van der Waals surface area contributed by atoms with Crippen LogP contribution in [0.3, 0.4) is 0 Å². The van der Waals surface area contributed by atoms with E-state index in [-0.39, 0.29) is 11.4 Å². The lowest BCUT2D eigenvalue weighted by Gasteiger charge is -2.34. The van der Waals surface area contributed by atoms with E-state index in [1.165, 1.54) is 0 Å². The van der Waals surface area contributed by atoms with Crippen molar-refractivity contribution in [2.24, 2.45) is 0 Å². The Hall–Kier alpha value is -2.26. The summed E-state index contributed by atoms with van der Waals surface area (Å²) < 4.78 is 9.25. The number of hydrogen-bond donors (Lipinski definition) is 0. The Labute approximate surface area is 164 Å². The third-order valence-electron chi connectivity index (χ3n) is 4.61. The normalized spacial score (nSPS) is 15.8. The second-order valence-electron chi connectivity index (χ2n) is 7.62. The van der Waals surface area contributed by atoms with E-state index >= 15 is 0 Å². The molecule has 1 fully saturated rings. The van der Waals surface area contributed by atoms with Gasteiger partial charge in [0.05, 0.1) is 19.3 Å². The summed E-state index contributed by atoms with van der Waals surface area (Å²) >= 11 is 5.49. The van der Waals surface area contributed by atoms with Crippen LogP contribution in [0.5, 0.6) is 5.75 Å². The predicted molar refractivity (Wildman–Crippen MR) is 104 cm³/mol. The Bertz CT molecular complexity index is 844. The van der Waals surface area contributed by atoms with Gasteiger partial charge in [0.2, 0.25) is 4.77 Å². The predicted octanol–water partition coefficient (Wildman–Crippen LogP) is 1.99. The van der Waals surface area contributed by atoms with Crippen LogP contribution in [0.25, 0.3) is 0 Å². The number of amides is 1. The second-order valence-corrected chi connectivity index (χ2v) is 7.99. The van der Waals surface area contributed by atoms with Crippen molar-refractivity contribution in [1.29, 1.82) is 0 Å². The van der Waals surface area contributed by atoms with Crippen molar-refractivity contribution >= 4 is 18.1 Å². The molecule has 9 heteroatoms. The van der Waals surface area contributed by atoms with Gasteiger partial charge >= 0.3 is 0 Å². The first-order chi connectivity index (χ1) is 12.8. The molecule has 146 valence electrons.